The minimum absolute atomic E-state index is 0.111. The molecule has 1 N–H and O–H groups in total. The van der Waals surface area contributed by atoms with Crippen molar-refractivity contribution in [1.82, 2.24) is 15.2 Å². The summed E-state index contributed by atoms with van der Waals surface area (Å²) in [6.45, 7) is 2.01. The van der Waals surface area contributed by atoms with Crippen molar-refractivity contribution in [2.24, 2.45) is 5.92 Å². The van der Waals surface area contributed by atoms with Gasteiger partial charge in [-0.3, -0.25) is 9.59 Å². The monoisotopic (exact) mass is 331 g/mol. The Kier molecular flexibility index (Phi) is 4.33. The topological polar surface area (TPSA) is 75.4 Å². The van der Waals surface area contributed by atoms with Crippen molar-refractivity contribution in [3.63, 3.8) is 0 Å². The van der Waals surface area contributed by atoms with Crippen LogP contribution in [0.15, 0.2) is 35.1 Å². The van der Waals surface area contributed by atoms with Crippen molar-refractivity contribution >= 4 is 11.8 Å². The molecule has 0 unspecified atom stereocenters. The molecule has 7 heteroatoms. The molecule has 2 amide bonds. The Hall–Kier alpha value is -2.70. The van der Waals surface area contributed by atoms with E-state index in [9.17, 15) is 14.0 Å². The molecule has 126 valence electrons. The third-order valence-corrected chi connectivity index (χ3v) is 4.40. The van der Waals surface area contributed by atoms with Crippen molar-refractivity contribution in [3.05, 3.63) is 53.5 Å². The minimum Gasteiger partial charge on any atom is -0.446 e. The number of likely N-dealkylation sites (tertiary alicyclic amines) is 1. The molecule has 2 heterocycles. The number of aryl methyl sites for hydroxylation is 1. The van der Waals surface area contributed by atoms with Crippen LogP contribution in [-0.4, -0.2) is 28.7 Å². The molecule has 3 rings (SSSR count). The summed E-state index contributed by atoms with van der Waals surface area (Å²) in [5, 5.41) is 2.79. The molecule has 0 bridgehead atoms. The molecule has 0 spiro atoms. The van der Waals surface area contributed by atoms with Gasteiger partial charge in [-0.2, -0.15) is 0 Å². The standard InChI is InChI=1S/C17H18FN3O3/c1-10-14(24-9-20-10)8-19-17(23)13-7-15(22)21(2)16(13)11-3-5-12(18)6-4-11/h3-6,9,13,16H,7-8H2,1-2H3,(H,19,23)/t13-,16+/m0/s1. The number of nitrogens with zero attached hydrogens (tertiary/aromatic N) is 2. The van der Waals surface area contributed by atoms with E-state index in [0.717, 1.165) is 5.56 Å². The molecular formula is C17H18FN3O3. The summed E-state index contributed by atoms with van der Waals surface area (Å²) >= 11 is 0. The minimum atomic E-state index is -0.531. The van der Waals surface area contributed by atoms with E-state index < -0.39 is 12.0 Å². The summed E-state index contributed by atoms with van der Waals surface area (Å²) in [6.07, 6.45) is 1.45. The number of amides is 2. The van der Waals surface area contributed by atoms with Crippen LogP contribution in [-0.2, 0) is 16.1 Å². The second-order valence-electron chi connectivity index (χ2n) is 5.89. The van der Waals surface area contributed by atoms with Crippen LogP contribution >= 0.6 is 0 Å². The van der Waals surface area contributed by atoms with Gasteiger partial charge in [-0.25, -0.2) is 9.37 Å². The van der Waals surface area contributed by atoms with E-state index in [1.54, 1.807) is 26.1 Å². The van der Waals surface area contributed by atoms with Gasteiger partial charge in [-0.15, -0.1) is 0 Å². The van der Waals surface area contributed by atoms with E-state index in [4.69, 9.17) is 4.42 Å². The molecule has 0 aliphatic carbocycles. The summed E-state index contributed by atoms with van der Waals surface area (Å²) in [4.78, 5) is 30.1. The lowest BCUT2D eigenvalue weighted by molar-refractivity contribution is -0.128. The summed E-state index contributed by atoms with van der Waals surface area (Å²) in [5.74, 6) is -0.652. The number of halogens is 1. The predicted molar refractivity (Wildman–Crippen MR) is 83.1 cm³/mol. The van der Waals surface area contributed by atoms with Crippen LogP contribution in [0.3, 0.4) is 0 Å². The Balaban J connectivity index is 1.76. The van der Waals surface area contributed by atoms with Gasteiger partial charge in [-0.05, 0) is 24.6 Å². The Morgan fingerprint density at radius 2 is 2.12 bits per heavy atom. The maximum atomic E-state index is 13.1. The van der Waals surface area contributed by atoms with Crippen LogP contribution in [0.2, 0.25) is 0 Å². The zero-order valence-electron chi connectivity index (χ0n) is 13.5. The number of carbonyl (C=O) groups excluding carboxylic acids is 2. The van der Waals surface area contributed by atoms with Crippen molar-refractivity contribution in [2.75, 3.05) is 7.05 Å². The Labute approximate surface area is 138 Å². The largest absolute Gasteiger partial charge is 0.446 e. The number of nitrogens with one attached hydrogen (secondary N) is 1. The van der Waals surface area contributed by atoms with Crippen LogP contribution in [0, 0.1) is 18.7 Å². The first kappa shape index (κ1) is 16.2. The second-order valence-corrected chi connectivity index (χ2v) is 5.89. The lowest BCUT2D eigenvalue weighted by Crippen LogP contribution is -2.34. The number of aromatic nitrogens is 1. The highest BCUT2D eigenvalue weighted by atomic mass is 19.1. The fourth-order valence-corrected chi connectivity index (χ4v) is 3.02. The molecule has 0 radical (unpaired) electrons. The van der Waals surface area contributed by atoms with E-state index >= 15 is 0 Å². The fraction of sp³-hybridized carbons (Fsp3) is 0.353. The lowest BCUT2D eigenvalue weighted by atomic mass is 9.93. The van der Waals surface area contributed by atoms with E-state index in [-0.39, 0.29) is 30.6 Å². The van der Waals surface area contributed by atoms with E-state index in [0.29, 0.717) is 11.5 Å². The van der Waals surface area contributed by atoms with Gasteiger partial charge in [0, 0.05) is 13.5 Å². The first-order valence-corrected chi connectivity index (χ1v) is 7.65. The van der Waals surface area contributed by atoms with Crippen LogP contribution in [0.25, 0.3) is 0 Å². The maximum Gasteiger partial charge on any atom is 0.226 e. The highest BCUT2D eigenvalue weighted by Crippen LogP contribution is 2.37. The van der Waals surface area contributed by atoms with Gasteiger partial charge in [0.25, 0.3) is 0 Å². The third kappa shape index (κ3) is 3.02. The molecule has 24 heavy (non-hydrogen) atoms. The number of rotatable bonds is 4. The number of hydrogen-bond donors (Lipinski definition) is 1. The molecule has 6 nitrogen and oxygen atoms in total. The Morgan fingerprint density at radius 1 is 1.42 bits per heavy atom. The lowest BCUT2D eigenvalue weighted by Gasteiger charge is -2.24. The molecule has 1 aliphatic rings. The number of benzene rings is 1. The summed E-state index contributed by atoms with van der Waals surface area (Å²) in [6, 6.07) is 5.47. The van der Waals surface area contributed by atoms with Crippen molar-refractivity contribution in [3.8, 4) is 0 Å². The summed E-state index contributed by atoms with van der Waals surface area (Å²) in [5.41, 5.74) is 1.45. The van der Waals surface area contributed by atoms with Crippen molar-refractivity contribution in [2.45, 2.75) is 25.9 Å². The van der Waals surface area contributed by atoms with Gasteiger partial charge >= 0.3 is 0 Å². The van der Waals surface area contributed by atoms with Gasteiger partial charge in [0.15, 0.2) is 6.39 Å². The van der Waals surface area contributed by atoms with Crippen molar-refractivity contribution < 1.29 is 18.4 Å². The maximum absolute atomic E-state index is 13.1. The molecule has 1 aromatic carbocycles. The van der Waals surface area contributed by atoms with Crippen molar-refractivity contribution in [1.29, 1.82) is 0 Å². The van der Waals surface area contributed by atoms with E-state index in [1.807, 2.05) is 0 Å². The fourth-order valence-electron chi connectivity index (χ4n) is 3.02. The van der Waals surface area contributed by atoms with Gasteiger partial charge in [-0.1, -0.05) is 12.1 Å². The molecule has 1 aliphatic heterocycles. The first-order chi connectivity index (χ1) is 11.5. The average Bonchev–Trinajstić information content (AvgIpc) is 3.10. The SMILES string of the molecule is Cc1ncoc1CNC(=O)[C@H]1CC(=O)N(C)[C@@H]1c1ccc(F)cc1. The molecule has 2 aromatic rings. The molecule has 0 saturated carbocycles. The number of hydrogen-bond acceptors (Lipinski definition) is 4. The second kappa shape index (κ2) is 6.43. The molecule has 2 atom stereocenters. The van der Waals surface area contributed by atoms with Gasteiger partial charge in [0.05, 0.1) is 24.2 Å². The zero-order chi connectivity index (χ0) is 17.3. The third-order valence-electron chi connectivity index (χ3n) is 4.40. The Morgan fingerprint density at radius 3 is 2.75 bits per heavy atom. The van der Waals surface area contributed by atoms with Gasteiger partial charge < -0.3 is 14.6 Å². The van der Waals surface area contributed by atoms with Crippen LogP contribution in [0.5, 0.6) is 0 Å². The average molecular weight is 331 g/mol. The van der Waals surface area contributed by atoms with Crippen LogP contribution in [0.4, 0.5) is 4.39 Å². The highest BCUT2D eigenvalue weighted by molar-refractivity contribution is 5.90. The molecule has 1 saturated heterocycles. The number of carbonyl (C=O) groups is 2. The first-order valence-electron chi connectivity index (χ1n) is 7.65. The summed E-state index contributed by atoms with van der Waals surface area (Å²) < 4.78 is 18.3. The number of oxazole rings is 1. The normalized spacial score (nSPS) is 20.5. The highest BCUT2D eigenvalue weighted by Gasteiger charge is 2.42. The van der Waals surface area contributed by atoms with Gasteiger partial charge in [0.1, 0.15) is 11.6 Å². The predicted octanol–water partition coefficient (Wildman–Crippen LogP) is 1.96. The van der Waals surface area contributed by atoms with Crippen LogP contribution < -0.4 is 5.32 Å². The van der Waals surface area contributed by atoms with Crippen LogP contribution in [0.1, 0.15) is 29.5 Å². The van der Waals surface area contributed by atoms with Gasteiger partial charge in [0.2, 0.25) is 11.8 Å². The molecule has 1 aromatic heterocycles. The van der Waals surface area contributed by atoms with E-state index in [2.05, 4.69) is 10.3 Å². The quantitative estimate of drug-likeness (QED) is 0.929. The summed E-state index contributed by atoms with van der Waals surface area (Å²) in [7, 11) is 1.66. The Bertz CT molecular complexity index is 757. The smallest absolute Gasteiger partial charge is 0.226 e. The van der Waals surface area contributed by atoms with E-state index in [1.165, 1.54) is 23.4 Å². The molecule has 1 fully saturated rings. The molecular weight excluding hydrogens is 313 g/mol. The zero-order valence-corrected chi connectivity index (χ0v) is 13.5.